The molecule has 0 aliphatic carbocycles. The quantitative estimate of drug-likeness (QED) is 0.393. The van der Waals surface area contributed by atoms with Crippen molar-refractivity contribution in [2.75, 3.05) is 0 Å². The van der Waals surface area contributed by atoms with Gasteiger partial charge in [-0.15, -0.1) is 0 Å². The lowest BCUT2D eigenvalue weighted by atomic mass is 9.34. The van der Waals surface area contributed by atoms with Crippen LogP contribution in [-0.2, 0) is 10.7 Å². The minimum Gasteiger partial charge on any atom is -0.458 e. The molecule has 1 aromatic heterocycles. The Labute approximate surface area is 184 Å². The number of ether oxygens (including phenoxy) is 1. The Kier molecular flexibility index (Phi) is 3.55. The zero-order chi connectivity index (χ0) is 21.7. The smallest absolute Gasteiger partial charge is 0.256 e. The molecule has 0 fully saturated rings. The fourth-order valence-corrected chi connectivity index (χ4v) is 5.08. The summed E-state index contributed by atoms with van der Waals surface area (Å²) in [5.41, 5.74) is 8.26. The number of rotatable bonds is 1. The SMILES string of the molecule is [B]C(C)(C)c1nc2cc(C(C)(C)C)cc3c2n1-c1cccc2c1B3c1ccccc1O2. The van der Waals surface area contributed by atoms with Crippen molar-refractivity contribution in [3.8, 4) is 17.2 Å². The van der Waals surface area contributed by atoms with Gasteiger partial charge >= 0.3 is 0 Å². The molecule has 5 heteroatoms. The molecule has 3 aromatic carbocycles. The largest absolute Gasteiger partial charge is 0.458 e. The van der Waals surface area contributed by atoms with Crippen LogP contribution in [0.15, 0.2) is 54.6 Å². The predicted molar refractivity (Wildman–Crippen MR) is 130 cm³/mol. The summed E-state index contributed by atoms with van der Waals surface area (Å²) in [6.07, 6.45) is 0. The van der Waals surface area contributed by atoms with E-state index in [2.05, 4.69) is 73.9 Å². The monoisotopic (exact) mass is 402 g/mol. The second-order valence-electron chi connectivity index (χ2n) is 10.4. The highest BCUT2D eigenvalue weighted by molar-refractivity contribution is 6.99. The van der Waals surface area contributed by atoms with Gasteiger partial charge in [0.25, 0.3) is 6.71 Å². The van der Waals surface area contributed by atoms with Crippen molar-refractivity contribution in [1.29, 1.82) is 0 Å². The second kappa shape index (κ2) is 5.85. The van der Waals surface area contributed by atoms with Gasteiger partial charge in [0.2, 0.25) is 0 Å². The Morgan fingerprint density at radius 1 is 0.903 bits per heavy atom. The number of imidazole rings is 1. The van der Waals surface area contributed by atoms with Crippen molar-refractivity contribution in [3.05, 3.63) is 66.0 Å². The van der Waals surface area contributed by atoms with Gasteiger partial charge in [0.1, 0.15) is 17.3 Å². The van der Waals surface area contributed by atoms with E-state index in [0.717, 1.165) is 34.0 Å². The Hall–Kier alpha value is -2.94. The molecular formula is C26H24B2N2O. The number of hydrogen-bond acceptors (Lipinski definition) is 2. The first-order valence-corrected chi connectivity index (χ1v) is 10.9. The Morgan fingerprint density at radius 3 is 2.39 bits per heavy atom. The zero-order valence-electron chi connectivity index (χ0n) is 18.7. The predicted octanol–water partition coefficient (Wildman–Crippen LogP) is 3.66. The maximum Gasteiger partial charge on any atom is 0.256 e. The van der Waals surface area contributed by atoms with Gasteiger partial charge in [0.05, 0.1) is 18.9 Å². The lowest BCUT2D eigenvalue weighted by Gasteiger charge is -2.34. The van der Waals surface area contributed by atoms with Gasteiger partial charge in [0, 0.05) is 5.69 Å². The van der Waals surface area contributed by atoms with Gasteiger partial charge < -0.3 is 4.74 Å². The summed E-state index contributed by atoms with van der Waals surface area (Å²) in [6.45, 7) is 10.9. The minimum atomic E-state index is -0.582. The summed E-state index contributed by atoms with van der Waals surface area (Å²) in [6, 6.07) is 19.3. The van der Waals surface area contributed by atoms with Crippen LogP contribution in [0.5, 0.6) is 11.5 Å². The molecular weight excluding hydrogens is 378 g/mol. The summed E-state index contributed by atoms with van der Waals surface area (Å²) < 4.78 is 8.64. The number of nitrogens with zero attached hydrogens (tertiary/aromatic N) is 2. The van der Waals surface area contributed by atoms with Crippen molar-refractivity contribution >= 4 is 42.0 Å². The van der Waals surface area contributed by atoms with E-state index in [-0.39, 0.29) is 12.1 Å². The molecule has 0 unspecified atom stereocenters. The van der Waals surface area contributed by atoms with Crippen LogP contribution in [0.25, 0.3) is 16.7 Å². The molecule has 0 spiro atoms. The van der Waals surface area contributed by atoms with Gasteiger partial charge in [-0.05, 0) is 56.9 Å². The zero-order valence-corrected chi connectivity index (χ0v) is 18.7. The molecule has 4 aromatic rings. The molecule has 2 aliphatic heterocycles. The summed E-state index contributed by atoms with van der Waals surface area (Å²) in [4.78, 5) is 5.10. The lowest BCUT2D eigenvalue weighted by molar-refractivity contribution is 0.487. The Bertz CT molecular complexity index is 1390. The number of hydrogen-bond donors (Lipinski definition) is 0. The molecule has 150 valence electrons. The van der Waals surface area contributed by atoms with E-state index in [1.54, 1.807) is 0 Å². The third kappa shape index (κ3) is 2.52. The third-order valence-electron chi connectivity index (χ3n) is 6.56. The molecule has 0 bridgehead atoms. The number of fused-ring (bicyclic) bond motifs is 4. The molecule has 3 heterocycles. The van der Waals surface area contributed by atoms with E-state index >= 15 is 0 Å². The summed E-state index contributed by atoms with van der Waals surface area (Å²) in [5.74, 6) is 2.72. The first kappa shape index (κ1) is 18.8. The van der Waals surface area contributed by atoms with Crippen LogP contribution in [0.1, 0.15) is 46.0 Å². The van der Waals surface area contributed by atoms with E-state index < -0.39 is 5.31 Å². The minimum absolute atomic E-state index is 0.0113. The molecule has 0 amide bonds. The van der Waals surface area contributed by atoms with Crippen molar-refractivity contribution in [2.45, 2.75) is 45.3 Å². The van der Waals surface area contributed by atoms with Crippen LogP contribution in [-0.4, -0.2) is 24.1 Å². The van der Waals surface area contributed by atoms with Gasteiger partial charge in [-0.1, -0.05) is 65.0 Å². The van der Waals surface area contributed by atoms with Crippen LogP contribution in [0.2, 0.25) is 0 Å². The topological polar surface area (TPSA) is 27.1 Å². The van der Waals surface area contributed by atoms with E-state index in [1.165, 1.54) is 22.0 Å². The third-order valence-corrected chi connectivity index (χ3v) is 6.56. The van der Waals surface area contributed by atoms with Gasteiger partial charge in [-0.3, -0.25) is 4.57 Å². The fourth-order valence-electron chi connectivity index (χ4n) is 5.08. The average molecular weight is 402 g/mol. The lowest BCUT2D eigenvalue weighted by Crippen LogP contribution is -2.58. The van der Waals surface area contributed by atoms with Crippen molar-refractivity contribution in [1.82, 2.24) is 9.55 Å². The van der Waals surface area contributed by atoms with E-state index in [1.807, 2.05) is 19.9 Å². The molecule has 0 saturated carbocycles. The summed E-state index contributed by atoms with van der Waals surface area (Å²) in [7, 11) is 6.63. The van der Waals surface area contributed by atoms with Crippen molar-refractivity contribution in [2.24, 2.45) is 0 Å². The fraction of sp³-hybridized carbons (Fsp3) is 0.269. The van der Waals surface area contributed by atoms with Crippen LogP contribution in [0, 0.1) is 0 Å². The van der Waals surface area contributed by atoms with Crippen LogP contribution < -0.4 is 21.1 Å². The molecule has 0 saturated heterocycles. The maximum absolute atomic E-state index is 6.63. The maximum atomic E-state index is 6.63. The summed E-state index contributed by atoms with van der Waals surface area (Å²) in [5, 5.41) is -0.582. The van der Waals surface area contributed by atoms with Crippen molar-refractivity contribution in [3.63, 3.8) is 0 Å². The van der Waals surface area contributed by atoms with E-state index in [4.69, 9.17) is 17.6 Å². The van der Waals surface area contributed by atoms with Gasteiger partial charge in [-0.2, -0.15) is 0 Å². The van der Waals surface area contributed by atoms with Crippen molar-refractivity contribution < 1.29 is 4.74 Å². The molecule has 0 N–H and O–H groups in total. The molecule has 2 aliphatic rings. The number of para-hydroxylation sites is 1. The Balaban J connectivity index is 1.82. The number of aromatic nitrogens is 2. The molecule has 6 rings (SSSR count). The normalized spacial score (nSPS) is 14.3. The second-order valence-corrected chi connectivity index (χ2v) is 10.4. The first-order valence-electron chi connectivity index (χ1n) is 10.9. The number of benzene rings is 3. The molecule has 2 radical (unpaired) electrons. The van der Waals surface area contributed by atoms with Crippen LogP contribution >= 0.6 is 0 Å². The first-order chi connectivity index (χ1) is 14.6. The average Bonchev–Trinajstić information content (AvgIpc) is 3.11. The Morgan fingerprint density at radius 2 is 1.65 bits per heavy atom. The molecule has 3 nitrogen and oxygen atoms in total. The standard InChI is InChI=1S/C26H24B2N2O/c1-25(2,3)15-13-17-23-18(14-15)29-24(26(4,5)27)30(23)19-10-8-12-21-22(19)28(17)16-9-6-7-11-20(16)31-21/h6-14H,1-5H3. The molecule has 31 heavy (non-hydrogen) atoms. The highest BCUT2D eigenvalue weighted by Gasteiger charge is 2.42. The van der Waals surface area contributed by atoms with Crippen LogP contribution in [0.4, 0.5) is 0 Å². The van der Waals surface area contributed by atoms with Gasteiger partial charge in [-0.25, -0.2) is 4.98 Å². The van der Waals surface area contributed by atoms with Gasteiger partial charge in [0.15, 0.2) is 0 Å². The van der Waals surface area contributed by atoms with E-state index in [9.17, 15) is 0 Å². The summed E-state index contributed by atoms with van der Waals surface area (Å²) >= 11 is 0. The molecule has 0 atom stereocenters. The van der Waals surface area contributed by atoms with E-state index in [0.29, 0.717) is 0 Å². The highest BCUT2D eigenvalue weighted by Crippen LogP contribution is 2.36. The highest BCUT2D eigenvalue weighted by atomic mass is 16.5. The van der Waals surface area contributed by atoms with Crippen LogP contribution in [0.3, 0.4) is 0 Å².